The first-order valence-electron chi connectivity index (χ1n) is 10.4. The molecule has 31 heavy (non-hydrogen) atoms. The van der Waals surface area contributed by atoms with Crippen molar-refractivity contribution in [3.8, 4) is 11.5 Å². The van der Waals surface area contributed by atoms with Crippen LogP contribution in [0.5, 0.6) is 0 Å². The average molecular weight is 472 g/mol. The summed E-state index contributed by atoms with van der Waals surface area (Å²) in [7, 11) is 0. The summed E-state index contributed by atoms with van der Waals surface area (Å²) >= 11 is 9.34. The van der Waals surface area contributed by atoms with Crippen LogP contribution >= 0.6 is 34.7 Å². The van der Waals surface area contributed by atoms with Gasteiger partial charge in [-0.25, -0.2) is 0 Å². The van der Waals surface area contributed by atoms with Crippen molar-refractivity contribution in [2.75, 3.05) is 0 Å². The standard InChI is InChI=1S/C22H22ClN5OS2/c23-16-10-8-15(9-11-16)21-26-25-20(29-21)14-31-22-27-24-19(13-18-7-4-12-30-18)28(22)17-5-2-1-3-6-17/h4,7-12,17H,1-3,5-6,13-14H2. The maximum absolute atomic E-state index is 5.96. The Morgan fingerprint density at radius 1 is 1.03 bits per heavy atom. The van der Waals surface area contributed by atoms with E-state index in [1.807, 2.05) is 24.3 Å². The molecule has 0 aliphatic heterocycles. The van der Waals surface area contributed by atoms with Gasteiger partial charge in [0.15, 0.2) is 5.16 Å². The highest BCUT2D eigenvalue weighted by molar-refractivity contribution is 7.98. The number of hydrogen-bond acceptors (Lipinski definition) is 7. The Bertz CT molecular complexity index is 1120. The van der Waals surface area contributed by atoms with E-state index in [1.54, 1.807) is 23.1 Å². The van der Waals surface area contributed by atoms with Crippen molar-refractivity contribution in [1.82, 2.24) is 25.0 Å². The average Bonchev–Trinajstić information content (AvgIpc) is 3.55. The van der Waals surface area contributed by atoms with Crippen LogP contribution in [0, 0.1) is 0 Å². The summed E-state index contributed by atoms with van der Waals surface area (Å²) in [6.07, 6.45) is 7.04. The molecule has 0 atom stereocenters. The molecule has 4 aromatic rings. The minimum atomic E-state index is 0.466. The molecule has 0 bridgehead atoms. The normalized spacial score (nSPS) is 14.9. The van der Waals surface area contributed by atoms with Crippen molar-refractivity contribution in [2.45, 2.75) is 55.5 Å². The number of hydrogen-bond donors (Lipinski definition) is 0. The third kappa shape index (κ3) is 4.86. The molecule has 0 saturated heterocycles. The van der Waals surface area contributed by atoms with E-state index in [0.29, 0.717) is 28.6 Å². The lowest BCUT2D eigenvalue weighted by Gasteiger charge is -2.25. The van der Waals surface area contributed by atoms with Gasteiger partial charge in [-0.05, 0) is 48.6 Å². The number of benzene rings is 1. The third-order valence-electron chi connectivity index (χ3n) is 5.47. The van der Waals surface area contributed by atoms with E-state index in [2.05, 4.69) is 42.5 Å². The van der Waals surface area contributed by atoms with Crippen LogP contribution in [0.3, 0.4) is 0 Å². The van der Waals surface area contributed by atoms with Crippen LogP contribution in [0.1, 0.15) is 54.7 Å². The van der Waals surface area contributed by atoms with Gasteiger partial charge in [0.2, 0.25) is 11.8 Å². The molecular formula is C22H22ClN5OS2. The fraction of sp³-hybridized carbons (Fsp3) is 0.364. The van der Waals surface area contributed by atoms with Crippen LogP contribution in [0.4, 0.5) is 0 Å². The van der Waals surface area contributed by atoms with Crippen LogP contribution < -0.4 is 0 Å². The minimum Gasteiger partial charge on any atom is -0.420 e. The maximum atomic E-state index is 5.96. The highest BCUT2D eigenvalue weighted by atomic mass is 35.5. The van der Waals surface area contributed by atoms with Gasteiger partial charge >= 0.3 is 0 Å². The predicted molar refractivity (Wildman–Crippen MR) is 124 cm³/mol. The first kappa shape index (κ1) is 20.7. The second kappa shape index (κ2) is 9.54. The highest BCUT2D eigenvalue weighted by Crippen LogP contribution is 2.34. The molecule has 1 saturated carbocycles. The molecule has 3 heterocycles. The zero-order valence-corrected chi connectivity index (χ0v) is 19.3. The summed E-state index contributed by atoms with van der Waals surface area (Å²) < 4.78 is 8.23. The van der Waals surface area contributed by atoms with Gasteiger partial charge in [0.05, 0.1) is 5.75 Å². The molecule has 0 radical (unpaired) electrons. The van der Waals surface area contributed by atoms with Gasteiger partial charge in [-0.1, -0.05) is 48.7 Å². The van der Waals surface area contributed by atoms with Crippen molar-refractivity contribution in [2.24, 2.45) is 0 Å². The molecule has 0 unspecified atom stereocenters. The van der Waals surface area contributed by atoms with Crippen molar-refractivity contribution < 1.29 is 4.42 Å². The lowest BCUT2D eigenvalue weighted by Crippen LogP contribution is -2.16. The lowest BCUT2D eigenvalue weighted by molar-refractivity contribution is 0.330. The van der Waals surface area contributed by atoms with E-state index < -0.39 is 0 Å². The number of halogens is 1. The fourth-order valence-corrected chi connectivity index (χ4v) is 5.64. The molecule has 1 fully saturated rings. The Morgan fingerprint density at radius 2 is 1.87 bits per heavy atom. The molecule has 0 spiro atoms. The van der Waals surface area contributed by atoms with Gasteiger partial charge in [-0.15, -0.1) is 31.7 Å². The van der Waals surface area contributed by atoms with Gasteiger partial charge in [-0.3, -0.25) is 0 Å². The Kier molecular flexibility index (Phi) is 6.38. The van der Waals surface area contributed by atoms with Crippen LogP contribution in [0.15, 0.2) is 51.4 Å². The highest BCUT2D eigenvalue weighted by Gasteiger charge is 2.24. The van der Waals surface area contributed by atoms with Crippen LogP contribution in [-0.2, 0) is 12.2 Å². The van der Waals surface area contributed by atoms with E-state index in [4.69, 9.17) is 16.0 Å². The molecule has 5 rings (SSSR count). The summed E-state index contributed by atoms with van der Waals surface area (Å²) in [6.45, 7) is 0. The van der Waals surface area contributed by atoms with Crippen molar-refractivity contribution >= 4 is 34.7 Å². The van der Waals surface area contributed by atoms with Gasteiger partial charge in [0, 0.05) is 27.9 Å². The molecule has 9 heteroatoms. The van der Waals surface area contributed by atoms with E-state index >= 15 is 0 Å². The maximum Gasteiger partial charge on any atom is 0.247 e. The van der Waals surface area contributed by atoms with Gasteiger partial charge < -0.3 is 8.98 Å². The molecule has 3 aromatic heterocycles. The minimum absolute atomic E-state index is 0.466. The largest absolute Gasteiger partial charge is 0.420 e. The topological polar surface area (TPSA) is 69.6 Å². The third-order valence-corrected chi connectivity index (χ3v) is 7.53. The SMILES string of the molecule is Clc1ccc(-c2nnc(CSc3nnc(Cc4cccs4)n3C3CCCCC3)o2)cc1. The zero-order valence-electron chi connectivity index (χ0n) is 16.9. The smallest absolute Gasteiger partial charge is 0.247 e. The molecule has 0 N–H and O–H groups in total. The van der Waals surface area contributed by atoms with Crippen molar-refractivity contribution in [3.63, 3.8) is 0 Å². The quantitative estimate of drug-likeness (QED) is 0.289. The predicted octanol–water partition coefficient (Wildman–Crippen LogP) is 6.43. The zero-order chi connectivity index (χ0) is 21.0. The summed E-state index contributed by atoms with van der Waals surface area (Å²) in [5, 5.41) is 21.2. The Labute approximate surface area is 194 Å². The van der Waals surface area contributed by atoms with Crippen molar-refractivity contribution in [3.05, 3.63) is 63.4 Å². The van der Waals surface area contributed by atoms with Crippen molar-refractivity contribution in [1.29, 1.82) is 0 Å². The molecular weight excluding hydrogens is 450 g/mol. The number of thioether (sulfide) groups is 1. The van der Waals surface area contributed by atoms with Gasteiger partial charge in [0.1, 0.15) is 5.82 Å². The molecule has 1 aromatic carbocycles. The Balaban J connectivity index is 1.34. The Hall–Kier alpha value is -2.16. The fourth-order valence-electron chi connectivity index (χ4n) is 3.95. The second-order valence-corrected chi connectivity index (χ2v) is 10.0. The first-order chi connectivity index (χ1) is 15.3. The number of rotatable bonds is 7. The summed E-state index contributed by atoms with van der Waals surface area (Å²) in [4.78, 5) is 1.31. The summed E-state index contributed by atoms with van der Waals surface area (Å²) in [5.41, 5.74) is 0.858. The van der Waals surface area contributed by atoms with Gasteiger partial charge in [-0.2, -0.15) is 0 Å². The van der Waals surface area contributed by atoms with E-state index in [9.17, 15) is 0 Å². The van der Waals surface area contributed by atoms with Crippen LogP contribution in [-0.4, -0.2) is 25.0 Å². The van der Waals surface area contributed by atoms with E-state index in [0.717, 1.165) is 23.0 Å². The monoisotopic (exact) mass is 471 g/mol. The molecule has 1 aliphatic carbocycles. The van der Waals surface area contributed by atoms with Gasteiger partial charge in [0.25, 0.3) is 0 Å². The first-order valence-corrected chi connectivity index (χ1v) is 12.7. The molecule has 6 nitrogen and oxygen atoms in total. The number of thiophene rings is 1. The summed E-state index contributed by atoms with van der Waals surface area (Å²) in [6, 6.07) is 12.1. The molecule has 160 valence electrons. The number of aromatic nitrogens is 5. The van der Waals surface area contributed by atoms with E-state index in [1.165, 1.54) is 37.0 Å². The van der Waals surface area contributed by atoms with E-state index in [-0.39, 0.29) is 0 Å². The van der Waals surface area contributed by atoms with Crippen LogP contribution in [0.25, 0.3) is 11.5 Å². The summed E-state index contributed by atoms with van der Waals surface area (Å²) in [5.74, 6) is 2.68. The second-order valence-electron chi connectivity index (χ2n) is 7.61. The molecule has 0 amide bonds. The Morgan fingerprint density at radius 3 is 2.65 bits per heavy atom. The lowest BCUT2D eigenvalue weighted by atomic mass is 9.95. The molecule has 1 aliphatic rings. The number of nitrogens with zero attached hydrogens (tertiary/aromatic N) is 5. The van der Waals surface area contributed by atoms with Crippen LogP contribution in [0.2, 0.25) is 5.02 Å².